The zero-order chi connectivity index (χ0) is 26.1. The molecule has 0 aliphatic carbocycles. The van der Waals surface area contributed by atoms with Gasteiger partial charge in [-0.2, -0.15) is 0 Å². The van der Waals surface area contributed by atoms with Gasteiger partial charge >= 0.3 is 5.97 Å². The van der Waals surface area contributed by atoms with Crippen molar-refractivity contribution in [1.29, 1.82) is 0 Å². The topological polar surface area (TPSA) is 158 Å². The zero-order valence-electron chi connectivity index (χ0n) is 18.9. The smallest absolute Gasteiger partial charge is 0.328 e. The van der Waals surface area contributed by atoms with Gasteiger partial charge in [-0.1, -0.05) is 29.8 Å². The Morgan fingerprint density at radius 2 is 1.72 bits per heavy atom. The summed E-state index contributed by atoms with van der Waals surface area (Å²) in [6.07, 6.45) is 3.10. The van der Waals surface area contributed by atoms with Gasteiger partial charge < -0.3 is 26.2 Å². The van der Waals surface area contributed by atoms with Crippen LogP contribution in [-0.4, -0.2) is 51.5 Å². The fourth-order valence-electron chi connectivity index (χ4n) is 3.19. The molecular formula is C25H23ClN4O6. The fourth-order valence-corrected chi connectivity index (χ4v) is 3.46. The second kappa shape index (κ2) is 12.3. The molecule has 1 atom stereocenters. The minimum atomic E-state index is -1.41. The number of nitrogens with zero attached hydrogens (tertiary/aromatic N) is 1. The first kappa shape index (κ1) is 26.2. The Bertz CT molecular complexity index is 1270. The summed E-state index contributed by atoms with van der Waals surface area (Å²) in [6.45, 7) is -0.173. The van der Waals surface area contributed by atoms with Gasteiger partial charge in [-0.3, -0.25) is 19.4 Å². The van der Waals surface area contributed by atoms with Crippen molar-refractivity contribution in [3.8, 4) is 5.75 Å². The standard InChI is InChI=1S/C25H23ClN4O6/c26-20-11-17(23(33)29-13-15-3-1-5-18(31)9-15)6-7-19(20)24(34)30-21(25(35)36)14-28-22(32)10-16-4-2-8-27-12-16/h1-9,11-12,21,31H,10,13-14H2,(H,28,32)(H,29,33)(H,30,34)(H,35,36)/t21-/m0/s1. The maximum Gasteiger partial charge on any atom is 0.328 e. The molecule has 1 heterocycles. The van der Waals surface area contributed by atoms with Gasteiger partial charge in [-0.25, -0.2) is 4.79 Å². The van der Waals surface area contributed by atoms with E-state index in [-0.39, 0.29) is 41.4 Å². The highest BCUT2D eigenvalue weighted by Gasteiger charge is 2.23. The van der Waals surface area contributed by atoms with E-state index in [0.29, 0.717) is 11.1 Å². The van der Waals surface area contributed by atoms with E-state index in [4.69, 9.17) is 11.6 Å². The average molecular weight is 511 g/mol. The predicted octanol–water partition coefficient (Wildman–Crippen LogP) is 1.91. The number of carbonyl (C=O) groups excluding carboxylic acids is 3. The zero-order valence-corrected chi connectivity index (χ0v) is 19.7. The lowest BCUT2D eigenvalue weighted by atomic mass is 10.1. The second-order valence-electron chi connectivity index (χ2n) is 7.75. The van der Waals surface area contributed by atoms with Crippen molar-refractivity contribution in [2.75, 3.05) is 6.54 Å². The number of carboxylic acids is 1. The Morgan fingerprint density at radius 1 is 0.944 bits per heavy atom. The molecule has 0 radical (unpaired) electrons. The lowest BCUT2D eigenvalue weighted by Crippen LogP contribution is -2.48. The molecular weight excluding hydrogens is 488 g/mol. The predicted molar refractivity (Wildman–Crippen MR) is 131 cm³/mol. The first-order valence-corrected chi connectivity index (χ1v) is 11.2. The number of carbonyl (C=O) groups is 4. The first-order chi connectivity index (χ1) is 17.2. The maximum absolute atomic E-state index is 12.6. The number of aliphatic carboxylic acids is 1. The fraction of sp³-hybridized carbons (Fsp3) is 0.160. The van der Waals surface area contributed by atoms with Crippen molar-refractivity contribution in [1.82, 2.24) is 20.9 Å². The molecule has 186 valence electrons. The molecule has 3 rings (SSSR count). The number of rotatable bonds is 10. The van der Waals surface area contributed by atoms with Crippen LogP contribution in [0.4, 0.5) is 0 Å². The number of nitrogens with one attached hydrogen (secondary N) is 3. The van der Waals surface area contributed by atoms with Crippen molar-refractivity contribution < 1.29 is 29.4 Å². The number of carboxylic acid groups (broad SMARTS) is 1. The van der Waals surface area contributed by atoms with E-state index >= 15 is 0 Å². The van der Waals surface area contributed by atoms with Gasteiger partial charge in [0.15, 0.2) is 0 Å². The molecule has 10 nitrogen and oxygen atoms in total. The third kappa shape index (κ3) is 7.54. The summed E-state index contributed by atoms with van der Waals surface area (Å²) in [5.74, 6) is -2.92. The number of hydrogen-bond donors (Lipinski definition) is 5. The summed E-state index contributed by atoms with van der Waals surface area (Å²) in [5, 5.41) is 26.4. The monoisotopic (exact) mass is 510 g/mol. The van der Waals surface area contributed by atoms with Crippen LogP contribution in [-0.2, 0) is 22.6 Å². The van der Waals surface area contributed by atoms with E-state index in [1.165, 1.54) is 36.5 Å². The number of hydrogen-bond acceptors (Lipinski definition) is 6. The molecule has 0 bridgehead atoms. The molecule has 0 aliphatic heterocycles. The summed E-state index contributed by atoms with van der Waals surface area (Å²) in [4.78, 5) is 52.7. The molecule has 3 aromatic rings. The Morgan fingerprint density at radius 3 is 2.39 bits per heavy atom. The van der Waals surface area contributed by atoms with Crippen LogP contribution >= 0.6 is 11.6 Å². The van der Waals surface area contributed by atoms with E-state index in [1.54, 1.807) is 30.5 Å². The first-order valence-electron chi connectivity index (χ1n) is 10.8. The Labute approximate surface area is 211 Å². The SMILES string of the molecule is O=C(Cc1cccnc1)NC[C@H](NC(=O)c1ccc(C(=O)NCc2cccc(O)c2)cc1Cl)C(=O)O. The van der Waals surface area contributed by atoms with Gasteiger partial charge in [-0.15, -0.1) is 0 Å². The highest BCUT2D eigenvalue weighted by molar-refractivity contribution is 6.34. The van der Waals surface area contributed by atoms with Gasteiger partial charge in [-0.05, 0) is 47.5 Å². The highest BCUT2D eigenvalue weighted by Crippen LogP contribution is 2.19. The molecule has 5 N–H and O–H groups in total. The summed E-state index contributed by atoms with van der Waals surface area (Å²) >= 11 is 6.19. The van der Waals surface area contributed by atoms with E-state index in [2.05, 4.69) is 20.9 Å². The van der Waals surface area contributed by atoms with Crippen LogP contribution in [0.25, 0.3) is 0 Å². The van der Waals surface area contributed by atoms with E-state index in [9.17, 15) is 29.4 Å². The molecule has 0 fully saturated rings. The Balaban J connectivity index is 1.57. The number of phenolic OH excluding ortho intramolecular Hbond substituents is 1. The summed E-state index contributed by atoms with van der Waals surface area (Å²) in [7, 11) is 0. The number of phenols is 1. The molecule has 0 saturated carbocycles. The van der Waals surface area contributed by atoms with Crippen LogP contribution in [0.1, 0.15) is 31.8 Å². The largest absolute Gasteiger partial charge is 0.508 e. The second-order valence-corrected chi connectivity index (χ2v) is 8.16. The highest BCUT2D eigenvalue weighted by atomic mass is 35.5. The number of aromatic hydroxyl groups is 1. The minimum absolute atomic E-state index is 0.00884. The lowest BCUT2D eigenvalue weighted by molar-refractivity contribution is -0.139. The van der Waals surface area contributed by atoms with Crippen molar-refractivity contribution in [2.45, 2.75) is 19.0 Å². The van der Waals surface area contributed by atoms with Gasteiger partial charge in [0.25, 0.3) is 11.8 Å². The Hall–Kier alpha value is -4.44. The van der Waals surface area contributed by atoms with Crippen LogP contribution < -0.4 is 16.0 Å². The molecule has 0 spiro atoms. The lowest BCUT2D eigenvalue weighted by Gasteiger charge is -2.16. The van der Waals surface area contributed by atoms with Crippen LogP contribution in [0.3, 0.4) is 0 Å². The molecule has 2 aromatic carbocycles. The molecule has 0 saturated heterocycles. The van der Waals surface area contributed by atoms with Gasteiger partial charge in [0.2, 0.25) is 5.91 Å². The van der Waals surface area contributed by atoms with Crippen molar-refractivity contribution in [3.63, 3.8) is 0 Å². The van der Waals surface area contributed by atoms with E-state index in [1.807, 2.05) is 0 Å². The summed E-state index contributed by atoms with van der Waals surface area (Å²) in [5.41, 5.74) is 1.50. The van der Waals surface area contributed by atoms with Crippen LogP contribution in [0.2, 0.25) is 5.02 Å². The number of pyridine rings is 1. The molecule has 0 unspecified atom stereocenters. The quantitative estimate of drug-likeness (QED) is 0.279. The van der Waals surface area contributed by atoms with Crippen molar-refractivity contribution >= 4 is 35.3 Å². The summed E-state index contributed by atoms with van der Waals surface area (Å²) in [6, 6.07) is 12.4. The maximum atomic E-state index is 12.6. The summed E-state index contributed by atoms with van der Waals surface area (Å²) < 4.78 is 0. The molecule has 0 aliphatic rings. The average Bonchev–Trinajstić information content (AvgIpc) is 2.85. The third-order valence-corrected chi connectivity index (χ3v) is 5.35. The number of benzene rings is 2. The minimum Gasteiger partial charge on any atom is -0.508 e. The van der Waals surface area contributed by atoms with Crippen molar-refractivity contribution in [2.24, 2.45) is 0 Å². The van der Waals surface area contributed by atoms with Gasteiger partial charge in [0, 0.05) is 31.0 Å². The molecule has 36 heavy (non-hydrogen) atoms. The van der Waals surface area contributed by atoms with Gasteiger partial charge in [0.1, 0.15) is 11.8 Å². The van der Waals surface area contributed by atoms with Crippen LogP contribution in [0, 0.1) is 0 Å². The van der Waals surface area contributed by atoms with Crippen molar-refractivity contribution in [3.05, 3.63) is 94.3 Å². The molecule has 1 aromatic heterocycles. The van der Waals surface area contributed by atoms with Crippen LogP contribution in [0.15, 0.2) is 67.0 Å². The number of amides is 3. The number of halogens is 1. The normalized spacial score (nSPS) is 11.2. The molecule has 11 heteroatoms. The van der Waals surface area contributed by atoms with E-state index < -0.39 is 29.7 Å². The van der Waals surface area contributed by atoms with E-state index in [0.717, 1.165) is 0 Å². The molecule has 3 amide bonds. The van der Waals surface area contributed by atoms with Gasteiger partial charge in [0.05, 0.1) is 17.0 Å². The number of aromatic nitrogens is 1. The third-order valence-electron chi connectivity index (χ3n) is 5.03. The Kier molecular flexibility index (Phi) is 8.95. The van der Waals surface area contributed by atoms with Crippen LogP contribution in [0.5, 0.6) is 5.75 Å².